The normalized spacial score (nSPS) is 17.4. The molecule has 2 aromatic rings. The Morgan fingerprint density at radius 3 is 2.41 bits per heavy atom. The van der Waals surface area contributed by atoms with Gasteiger partial charge in [-0.3, -0.25) is 4.31 Å². The van der Waals surface area contributed by atoms with E-state index in [9.17, 15) is 12.8 Å². The van der Waals surface area contributed by atoms with Crippen LogP contribution in [0, 0.1) is 5.82 Å². The molecule has 144 valence electrons. The maximum absolute atomic E-state index is 14.4. The lowest BCUT2D eigenvalue weighted by molar-refractivity contribution is 0.315. The second-order valence-corrected chi connectivity index (χ2v) is 8.37. The number of piperazine rings is 1. The molecule has 0 radical (unpaired) electrons. The molecule has 0 unspecified atom stereocenters. The molecule has 4 rings (SSSR count). The average Bonchev–Trinajstić information content (AvgIpc) is 2.68. The maximum Gasteiger partial charge on any atom is 0.264 e. The Balaban J connectivity index is 1.79. The molecule has 1 fully saturated rings. The molecule has 0 saturated carbocycles. The van der Waals surface area contributed by atoms with Gasteiger partial charge in [-0.15, -0.1) is 0 Å². The number of nitrogens with two attached hydrogens (primary N) is 1. The van der Waals surface area contributed by atoms with E-state index in [-0.39, 0.29) is 23.7 Å². The van der Waals surface area contributed by atoms with Gasteiger partial charge < -0.3 is 20.7 Å². The second kappa shape index (κ2) is 6.90. The molecule has 0 aromatic heterocycles. The Labute approximate surface area is 157 Å². The number of nitrogen functional groups attached to an aromatic ring is 1. The van der Waals surface area contributed by atoms with Gasteiger partial charge in [-0.25, -0.2) is 12.8 Å². The van der Waals surface area contributed by atoms with E-state index in [2.05, 4.69) is 5.32 Å². The summed E-state index contributed by atoms with van der Waals surface area (Å²) in [7, 11) is -3.86. The fourth-order valence-corrected chi connectivity index (χ4v) is 4.85. The van der Waals surface area contributed by atoms with Gasteiger partial charge in [0.1, 0.15) is 12.4 Å². The van der Waals surface area contributed by atoms with E-state index in [1.165, 1.54) is 40.7 Å². The van der Waals surface area contributed by atoms with E-state index in [0.29, 0.717) is 30.2 Å². The van der Waals surface area contributed by atoms with E-state index in [4.69, 9.17) is 10.5 Å². The van der Waals surface area contributed by atoms with Gasteiger partial charge in [0.25, 0.3) is 10.0 Å². The zero-order valence-corrected chi connectivity index (χ0v) is 15.5. The highest BCUT2D eigenvalue weighted by atomic mass is 32.2. The Hall–Kier alpha value is -2.52. The highest BCUT2D eigenvalue weighted by Crippen LogP contribution is 2.43. The van der Waals surface area contributed by atoms with Crippen molar-refractivity contribution >= 4 is 27.1 Å². The highest BCUT2D eigenvalue weighted by molar-refractivity contribution is 7.92. The number of fused-ring (bicyclic) bond motifs is 1. The van der Waals surface area contributed by atoms with Crippen molar-refractivity contribution in [3.63, 3.8) is 0 Å². The quantitative estimate of drug-likeness (QED) is 0.768. The Morgan fingerprint density at radius 2 is 1.70 bits per heavy atom. The minimum absolute atomic E-state index is 0.109. The number of anilines is 3. The lowest BCUT2D eigenvalue weighted by Crippen LogP contribution is -2.44. The van der Waals surface area contributed by atoms with Crippen LogP contribution in [0.1, 0.15) is 0 Å². The first-order valence-corrected chi connectivity index (χ1v) is 10.2. The summed E-state index contributed by atoms with van der Waals surface area (Å²) < 4.78 is 47.7. The SMILES string of the molecule is Nc1ccc(S(=O)(=O)N2CCOc3c(N4CCNCC4)cc(F)cc32)cc1. The van der Waals surface area contributed by atoms with Crippen molar-refractivity contribution in [3.05, 3.63) is 42.2 Å². The third-order valence-electron chi connectivity index (χ3n) is 4.75. The zero-order chi connectivity index (χ0) is 19.0. The van der Waals surface area contributed by atoms with Crippen LogP contribution in [0.25, 0.3) is 0 Å². The molecule has 2 aromatic carbocycles. The Kier molecular flexibility index (Phi) is 4.56. The predicted molar refractivity (Wildman–Crippen MR) is 102 cm³/mol. The van der Waals surface area contributed by atoms with Gasteiger partial charge in [-0.1, -0.05) is 0 Å². The van der Waals surface area contributed by atoms with E-state index in [1.807, 2.05) is 4.90 Å². The van der Waals surface area contributed by atoms with E-state index in [0.717, 1.165) is 13.1 Å². The number of rotatable bonds is 3. The fourth-order valence-electron chi connectivity index (χ4n) is 3.41. The number of benzene rings is 2. The van der Waals surface area contributed by atoms with Gasteiger partial charge in [-0.05, 0) is 24.3 Å². The van der Waals surface area contributed by atoms with Crippen molar-refractivity contribution in [2.75, 3.05) is 54.3 Å². The molecule has 1 saturated heterocycles. The molecule has 0 amide bonds. The molecule has 0 bridgehead atoms. The van der Waals surface area contributed by atoms with Gasteiger partial charge >= 0.3 is 0 Å². The molecular formula is C18H21FN4O3S. The van der Waals surface area contributed by atoms with Crippen LogP contribution in [-0.4, -0.2) is 47.7 Å². The zero-order valence-electron chi connectivity index (χ0n) is 14.7. The summed E-state index contributed by atoms with van der Waals surface area (Å²) in [6.45, 7) is 3.27. The van der Waals surface area contributed by atoms with Crippen molar-refractivity contribution in [1.82, 2.24) is 5.32 Å². The number of nitrogens with one attached hydrogen (secondary N) is 1. The molecule has 0 atom stereocenters. The maximum atomic E-state index is 14.4. The summed E-state index contributed by atoms with van der Waals surface area (Å²) >= 11 is 0. The smallest absolute Gasteiger partial charge is 0.264 e. The van der Waals surface area contributed by atoms with Crippen LogP contribution in [0.15, 0.2) is 41.3 Å². The molecule has 0 aliphatic carbocycles. The summed E-state index contributed by atoms with van der Waals surface area (Å²) in [4.78, 5) is 2.12. The third kappa shape index (κ3) is 3.28. The van der Waals surface area contributed by atoms with Gasteiger partial charge in [0.2, 0.25) is 0 Å². The molecule has 0 spiro atoms. The standard InChI is InChI=1S/C18H21FN4O3S/c19-13-11-16(22-7-5-21-6-8-22)18-17(12-13)23(9-10-26-18)27(24,25)15-3-1-14(20)2-4-15/h1-4,11-12,21H,5-10,20H2. The van der Waals surface area contributed by atoms with Crippen LogP contribution in [0.3, 0.4) is 0 Å². The minimum Gasteiger partial charge on any atom is -0.487 e. The lowest BCUT2D eigenvalue weighted by Gasteiger charge is -2.36. The van der Waals surface area contributed by atoms with Crippen LogP contribution in [0.4, 0.5) is 21.5 Å². The first kappa shape index (κ1) is 17.9. The van der Waals surface area contributed by atoms with Gasteiger partial charge in [0.05, 0.1) is 22.8 Å². The summed E-state index contributed by atoms with van der Waals surface area (Å²) in [5.74, 6) is -0.0890. The number of halogens is 1. The number of hydrogen-bond donors (Lipinski definition) is 2. The first-order valence-electron chi connectivity index (χ1n) is 8.77. The van der Waals surface area contributed by atoms with Crippen LogP contribution in [-0.2, 0) is 10.0 Å². The van der Waals surface area contributed by atoms with Crippen molar-refractivity contribution in [2.45, 2.75) is 4.90 Å². The first-order chi connectivity index (χ1) is 13.0. The van der Waals surface area contributed by atoms with Gasteiger partial charge in [0.15, 0.2) is 5.75 Å². The second-order valence-electron chi connectivity index (χ2n) is 6.50. The molecule has 2 aliphatic heterocycles. The number of ether oxygens (including phenoxy) is 1. The van der Waals surface area contributed by atoms with Crippen LogP contribution in [0.2, 0.25) is 0 Å². The lowest BCUT2D eigenvalue weighted by atomic mass is 10.2. The molecule has 27 heavy (non-hydrogen) atoms. The van der Waals surface area contributed by atoms with Crippen molar-refractivity contribution in [1.29, 1.82) is 0 Å². The fraction of sp³-hybridized carbons (Fsp3) is 0.333. The Bertz CT molecular complexity index is 944. The summed E-state index contributed by atoms with van der Waals surface area (Å²) in [5.41, 5.74) is 6.95. The van der Waals surface area contributed by atoms with Crippen molar-refractivity contribution < 1.29 is 17.5 Å². The minimum atomic E-state index is -3.86. The molecule has 7 nitrogen and oxygen atoms in total. The monoisotopic (exact) mass is 392 g/mol. The van der Waals surface area contributed by atoms with Crippen molar-refractivity contribution in [2.24, 2.45) is 0 Å². The van der Waals surface area contributed by atoms with E-state index < -0.39 is 15.8 Å². The van der Waals surface area contributed by atoms with Gasteiger partial charge in [0, 0.05) is 44.0 Å². The van der Waals surface area contributed by atoms with Crippen LogP contribution in [0.5, 0.6) is 5.75 Å². The topological polar surface area (TPSA) is 87.9 Å². The van der Waals surface area contributed by atoms with Gasteiger partial charge in [-0.2, -0.15) is 0 Å². The van der Waals surface area contributed by atoms with E-state index in [1.54, 1.807) is 0 Å². The number of hydrogen-bond acceptors (Lipinski definition) is 6. The van der Waals surface area contributed by atoms with Crippen molar-refractivity contribution in [3.8, 4) is 5.75 Å². The molecule has 9 heteroatoms. The number of sulfonamides is 1. The molecular weight excluding hydrogens is 371 g/mol. The predicted octanol–water partition coefficient (Wildman–Crippen LogP) is 1.41. The van der Waals surface area contributed by atoms with Crippen LogP contribution < -0.4 is 25.0 Å². The average molecular weight is 392 g/mol. The summed E-state index contributed by atoms with van der Waals surface area (Å²) in [6, 6.07) is 8.60. The van der Waals surface area contributed by atoms with Crippen LogP contribution >= 0.6 is 0 Å². The number of nitrogens with zero attached hydrogens (tertiary/aromatic N) is 2. The third-order valence-corrected chi connectivity index (χ3v) is 6.58. The largest absolute Gasteiger partial charge is 0.487 e. The summed E-state index contributed by atoms with van der Waals surface area (Å²) in [5, 5.41) is 3.25. The Morgan fingerprint density at radius 1 is 1.04 bits per heavy atom. The highest BCUT2D eigenvalue weighted by Gasteiger charge is 2.33. The summed E-state index contributed by atoms with van der Waals surface area (Å²) in [6.07, 6.45) is 0. The van der Waals surface area contributed by atoms with E-state index >= 15 is 0 Å². The molecule has 3 N–H and O–H groups in total. The molecule has 2 heterocycles. The molecule has 2 aliphatic rings.